The molecule has 1 amide bonds. The van der Waals surface area contributed by atoms with Gasteiger partial charge in [0.05, 0.1) is 49.6 Å². The molecule has 0 aromatic rings. The van der Waals surface area contributed by atoms with Crippen LogP contribution in [0.1, 0.15) is 170 Å². The molecule has 4 saturated carbocycles. The average Bonchev–Trinajstić information content (AvgIpc) is 0.817. The second-order valence-electron chi connectivity index (χ2n) is 29.4. The number of rotatable bonds is 23. The number of carbonyl (C=O) groups is 3. The zero-order valence-corrected chi connectivity index (χ0v) is 52.6. The van der Waals surface area contributed by atoms with Crippen molar-refractivity contribution in [3.63, 3.8) is 0 Å². The van der Waals surface area contributed by atoms with Gasteiger partial charge in [-0.1, -0.05) is 98.1 Å². The highest BCUT2D eigenvalue weighted by Gasteiger charge is 2.72. The predicted molar refractivity (Wildman–Crippen MR) is 310 cm³/mol. The van der Waals surface area contributed by atoms with Crippen molar-refractivity contribution in [2.45, 2.75) is 293 Å². The number of allylic oxidation sites excluding steroid dienone is 2. The highest BCUT2D eigenvalue weighted by Crippen LogP contribution is 2.76. The van der Waals surface area contributed by atoms with E-state index in [4.69, 9.17) is 37.9 Å². The van der Waals surface area contributed by atoms with Gasteiger partial charge in [-0.15, -0.1) is 0 Å². The molecule has 0 aromatic carbocycles. The third kappa shape index (κ3) is 13.0. The molecule has 5 aliphatic carbocycles. The second-order valence-corrected chi connectivity index (χ2v) is 29.4. The van der Waals surface area contributed by atoms with E-state index < -0.39 is 177 Å². The lowest BCUT2D eigenvalue weighted by Crippen LogP contribution is -2.69. The minimum absolute atomic E-state index is 0.0528. The van der Waals surface area contributed by atoms with Crippen molar-refractivity contribution in [3.05, 3.63) is 11.6 Å². The molecule has 0 spiro atoms. The molecule has 0 bridgehead atoms. The number of nitrogens with one attached hydrogen (secondary N) is 1. The number of aliphatic hydroxyl groups is 12. The van der Waals surface area contributed by atoms with Gasteiger partial charge >= 0.3 is 5.97 Å². The fourth-order valence-electron chi connectivity index (χ4n) is 17.9. The number of carbonyl (C=O) groups excluding carboxylic acids is 3. The maximum Gasteiger partial charge on any atom is 0.317 e. The minimum Gasteiger partial charge on any atom is -0.432 e. The fourth-order valence-corrected chi connectivity index (χ4v) is 17.9. The molecule has 9 rings (SSSR count). The van der Waals surface area contributed by atoms with Gasteiger partial charge in [0.25, 0.3) is 0 Å². The van der Waals surface area contributed by atoms with Crippen LogP contribution in [-0.4, -0.2) is 229 Å². The van der Waals surface area contributed by atoms with Crippen molar-refractivity contribution in [3.8, 4) is 0 Å². The summed E-state index contributed by atoms with van der Waals surface area (Å²) in [6, 6.07) is -1.37. The summed E-state index contributed by atoms with van der Waals surface area (Å²) in [7, 11) is 0. The van der Waals surface area contributed by atoms with Gasteiger partial charge in [-0.2, -0.15) is 0 Å². The molecule has 28 atom stereocenters. The molecule has 4 saturated heterocycles. The molecule has 4 aliphatic heterocycles. The highest BCUT2D eigenvalue weighted by atomic mass is 16.8. The number of aliphatic hydroxyl groups excluding tert-OH is 12. The number of fused-ring (bicyclic) bond motifs is 7. The number of esters is 1. The molecule has 24 heteroatoms. The first-order valence-electron chi connectivity index (χ1n) is 32.8. The van der Waals surface area contributed by atoms with E-state index in [-0.39, 0.29) is 47.3 Å². The molecular formula is C64H105NO23. The Balaban J connectivity index is 0.888. The van der Waals surface area contributed by atoms with Gasteiger partial charge in [0.1, 0.15) is 78.8 Å². The van der Waals surface area contributed by atoms with E-state index in [1.165, 1.54) is 6.92 Å². The summed E-state index contributed by atoms with van der Waals surface area (Å²) in [4.78, 5) is 42.4. The van der Waals surface area contributed by atoms with Crippen molar-refractivity contribution in [1.29, 1.82) is 0 Å². The van der Waals surface area contributed by atoms with Gasteiger partial charge in [-0.25, -0.2) is 0 Å². The smallest absolute Gasteiger partial charge is 0.317 e. The van der Waals surface area contributed by atoms with Gasteiger partial charge in [-0.3, -0.25) is 9.59 Å². The molecular weight excluding hydrogens is 1150 g/mol. The van der Waals surface area contributed by atoms with Crippen LogP contribution >= 0.6 is 0 Å². The van der Waals surface area contributed by atoms with E-state index in [1.807, 2.05) is 6.92 Å². The Morgan fingerprint density at radius 2 is 1.26 bits per heavy atom. The van der Waals surface area contributed by atoms with Crippen LogP contribution in [0.3, 0.4) is 0 Å². The largest absolute Gasteiger partial charge is 0.432 e. The number of unbranched alkanes of at least 4 members (excludes halogenated alkanes) is 8. The second kappa shape index (κ2) is 27.9. The minimum atomic E-state index is -1.96. The summed E-state index contributed by atoms with van der Waals surface area (Å²) in [5.74, 6) is -1.78. The van der Waals surface area contributed by atoms with Crippen molar-refractivity contribution in [2.24, 2.45) is 50.2 Å². The monoisotopic (exact) mass is 1260 g/mol. The van der Waals surface area contributed by atoms with Crippen LogP contribution in [0.25, 0.3) is 0 Å². The lowest BCUT2D eigenvalue weighted by Gasteiger charge is -2.71. The Labute approximate surface area is 516 Å². The SMILES string of the molecule is C[C@@H]1O[C@@H](O[C@H]2[C@@H](OC(=O)[C@]34CCC(C)(C)CC3C3=CCC5[C@@]6(C)CC[C@H](O)[C@@](C)(C=O)C6CC[C@@]5(C)[C@]3(C)C[C@H]4O)O[C@H](CO)[C@H](NC(=O)CCCCCCCCCCCO[C@@H]3O[C@@H](CO)[C@H](O)[C@H]3O)[C@@H]2O)[C@H](O)[C@H](O)[C@H]1O[C@H]1OC[C@@H](O)[C@H](O)[C@H]1O. The van der Waals surface area contributed by atoms with Crippen molar-refractivity contribution < 1.29 is 114 Å². The predicted octanol–water partition coefficient (Wildman–Crippen LogP) is 1.44. The first kappa shape index (κ1) is 69.9. The summed E-state index contributed by atoms with van der Waals surface area (Å²) < 4.78 is 47.5. The molecule has 24 nitrogen and oxygen atoms in total. The zero-order valence-electron chi connectivity index (χ0n) is 52.6. The van der Waals surface area contributed by atoms with Gasteiger partial charge in [0, 0.05) is 13.0 Å². The van der Waals surface area contributed by atoms with E-state index in [1.54, 1.807) is 0 Å². The number of hydrogen-bond acceptors (Lipinski definition) is 23. The first-order valence-corrected chi connectivity index (χ1v) is 32.8. The van der Waals surface area contributed by atoms with Crippen LogP contribution in [0.2, 0.25) is 0 Å². The van der Waals surface area contributed by atoms with Gasteiger partial charge < -0.3 is 109 Å². The van der Waals surface area contributed by atoms with E-state index in [2.05, 4.69) is 46.0 Å². The molecule has 4 heterocycles. The first-order chi connectivity index (χ1) is 41.6. The molecule has 0 radical (unpaired) electrons. The lowest BCUT2D eigenvalue weighted by atomic mass is 9.33. The van der Waals surface area contributed by atoms with Gasteiger partial charge in [0.15, 0.2) is 25.0 Å². The topological polar surface area (TPSA) is 380 Å². The highest BCUT2D eigenvalue weighted by molar-refractivity contribution is 5.80. The van der Waals surface area contributed by atoms with Crippen LogP contribution in [0.5, 0.6) is 0 Å². The molecule has 8 fully saturated rings. The number of hydrogen-bond donors (Lipinski definition) is 13. The third-order valence-corrected chi connectivity index (χ3v) is 23.6. The number of amides is 1. The van der Waals surface area contributed by atoms with E-state index in [0.29, 0.717) is 45.1 Å². The zero-order chi connectivity index (χ0) is 64.1. The normalized spacial score (nSPS) is 48.2. The van der Waals surface area contributed by atoms with E-state index in [0.717, 1.165) is 76.1 Å². The average molecular weight is 1260 g/mol. The Bertz CT molecular complexity index is 2400. The third-order valence-electron chi connectivity index (χ3n) is 23.6. The Kier molecular flexibility index (Phi) is 22.2. The number of aldehydes is 1. The van der Waals surface area contributed by atoms with Crippen LogP contribution in [-0.2, 0) is 52.3 Å². The molecule has 504 valence electrons. The molecule has 88 heavy (non-hydrogen) atoms. The molecule has 13 N–H and O–H groups in total. The Hall–Kier alpha value is -2.41. The molecule has 3 unspecified atom stereocenters. The Morgan fingerprint density at radius 1 is 0.636 bits per heavy atom. The summed E-state index contributed by atoms with van der Waals surface area (Å²) in [6.45, 7) is 13.2. The van der Waals surface area contributed by atoms with Crippen LogP contribution in [0.4, 0.5) is 0 Å². The standard InChI is InChI=1S/C64H105NO23/c1-33-52(86-55-49(77)45(73)36(69)31-82-55)48(76)51(79)56(83-33)87-53-47(75)44(65-43(72)17-15-13-11-9-8-10-12-14-16-26-81-54-50(78)46(74)38(30-67)85-54)37(29-66)84-57(53)88-58(80)64-25-24-59(2,3)27-35(64)34-18-19-40-60(4)22-21-41(70)61(5,32-68)39(60)20-23-62(40,6)63(34,7)28-42(64)71/h18,32-33,35-42,44-57,66-67,69-71,73-79H,8-17,19-31H2,1-7H3,(H,65,72)/t33-,35?,36+,37+,38-,39?,40?,41-,42+,44-,45-,46-,47-,48-,49+,50+,51+,52-,53+,54+,55+,56-,57+,60-,61-,62+,63+,64+/m0/s1. The molecule has 9 aliphatic rings. The van der Waals surface area contributed by atoms with Crippen molar-refractivity contribution in [1.82, 2.24) is 5.32 Å². The van der Waals surface area contributed by atoms with Crippen LogP contribution in [0, 0.1) is 50.2 Å². The Morgan fingerprint density at radius 3 is 1.92 bits per heavy atom. The van der Waals surface area contributed by atoms with Crippen molar-refractivity contribution >= 4 is 18.2 Å². The lowest BCUT2D eigenvalue weighted by molar-refractivity contribution is -0.370. The maximum absolute atomic E-state index is 15.7. The summed E-state index contributed by atoms with van der Waals surface area (Å²) >= 11 is 0. The van der Waals surface area contributed by atoms with Crippen LogP contribution < -0.4 is 5.32 Å². The van der Waals surface area contributed by atoms with E-state index >= 15 is 4.79 Å². The maximum atomic E-state index is 15.7. The molecule has 0 aromatic heterocycles. The van der Waals surface area contributed by atoms with Crippen LogP contribution in [0.15, 0.2) is 11.6 Å². The summed E-state index contributed by atoms with van der Waals surface area (Å²) in [5.41, 5.74) is -2.94. The summed E-state index contributed by atoms with van der Waals surface area (Å²) in [5, 5.41) is 134. The quantitative estimate of drug-likeness (QED) is 0.0298. The fraction of sp³-hybridized carbons (Fsp3) is 0.922. The van der Waals surface area contributed by atoms with E-state index in [9.17, 15) is 70.9 Å². The number of ether oxygens (including phenoxy) is 8. The summed E-state index contributed by atoms with van der Waals surface area (Å²) in [6.07, 6.45) is -11.9. The van der Waals surface area contributed by atoms with Gasteiger partial charge in [0.2, 0.25) is 12.2 Å². The van der Waals surface area contributed by atoms with Crippen molar-refractivity contribution in [2.75, 3.05) is 26.4 Å². The van der Waals surface area contributed by atoms with Gasteiger partial charge in [-0.05, 0) is 117 Å².